The Labute approximate surface area is 153 Å². The molecule has 1 amide bonds. The summed E-state index contributed by atoms with van der Waals surface area (Å²) in [7, 11) is 0. The van der Waals surface area contributed by atoms with Crippen LogP contribution in [0, 0.1) is 5.82 Å². The molecule has 136 valence electrons. The Morgan fingerprint density at radius 1 is 1.20 bits per heavy atom. The second-order valence-electron chi connectivity index (χ2n) is 8.01. The molecule has 0 unspecified atom stereocenters. The number of aromatic nitrogens is 2. The lowest BCUT2D eigenvalue weighted by Crippen LogP contribution is -2.27. The van der Waals surface area contributed by atoms with Gasteiger partial charge in [-0.05, 0) is 32.9 Å². The Hall–Kier alpha value is -1.82. The Morgan fingerprint density at radius 3 is 2.40 bits per heavy atom. The number of nitrogens with one attached hydrogen (secondary N) is 1. The Balaban J connectivity index is 2.14. The lowest BCUT2D eigenvalue weighted by atomic mass is 9.92. The van der Waals surface area contributed by atoms with Gasteiger partial charge in [0, 0.05) is 16.4 Å². The van der Waals surface area contributed by atoms with Gasteiger partial charge in [0.25, 0.3) is 0 Å². The van der Waals surface area contributed by atoms with Crippen molar-refractivity contribution in [3.05, 3.63) is 41.8 Å². The van der Waals surface area contributed by atoms with E-state index in [1.54, 1.807) is 18.2 Å². The molecule has 1 aromatic heterocycles. The molecule has 0 aliphatic carbocycles. The average molecular weight is 364 g/mol. The number of anilines is 1. The van der Waals surface area contributed by atoms with Gasteiger partial charge in [-0.1, -0.05) is 32.9 Å². The van der Waals surface area contributed by atoms with Crippen molar-refractivity contribution < 1.29 is 9.18 Å². The fraction of sp³-hybridized carbons (Fsp3) is 0.474. The van der Waals surface area contributed by atoms with Crippen LogP contribution in [0.5, 0.6) is 0 Å². The minimum Gasteiger partial charge on any atom is -0.310 e. The quantitative estimate of drug-likeness (QED) is 0.793. The van der Waals surface area contributed by atoms with Crippen LogP contribution < -0.4 is 5.32 Å². The van der Waals surface area contributed by atoms with Crippen LogP contribution in [0.4, 0.5) is 10.2 Å². The van der Waals surface area contributed by atoms with E-state index in [9.17, 15) is 9.18 Å². The molecule has 25 heavy (non-hydrogen) atoms. The third-order valence-corrected chi connectivity index (χ3v) is 4.62. The molecule has 0 radical (unpaired) electrons. The van der Waals surface area contributed by atoms with E-state index in [-0.39, 0.29) is 28.4 Å². The van der Waals surface area contributed by atoms with E-state index >= 15 is 0 Å². The average Bonchev–Trinajstić information content (AvgIpc) is 2.90. The summed E-state index contributed by atoms with van der Waals surface area (Å²) in [6, 6.07) is 8.37. The standard InChI is InChI=1S/C19H26FN3OS/c1-18(2,3)15-11-16(23(22-15)19(4,5)6)21-17(24)12-25-14-10-8-7-9-13(14)20/h7-11H,12H2,1-6H3,(H,21,24). The summed E-state index contributed by atoms with van der Waals surface area (Å²) < 4.78 is 15.5. The number of benzene rings is 1. The van der Waals surface area contributed by atoms with Crippen LogP contribution in [0.1, 0.15) is 47.2 Å². The van der Waals surface area contributed by atoms with E-state index in [4.69, 9.17) is 0 Å². The van der Waals surface area contributed by atoms with Crippen LogP contribution in [-0.2, 0) is 15.7 Å². The van der Waals surface area contributed by atoms with Gasteiger partial charge in [0.1, 0.15) is 11.6 Å². The number of thioether (sulfide) groups is 1. The smallest absolute Gasteiger partial charge is 0.235 e. The van der Waals surface area contributed by atoms with Gasteiger partial charge in [-0.15, -0.1) is 11.8 Å². The summed E-state index contributed by atoms with van der Waals surface area (Å²) >= 11 is 1.18. The lowest BCUT2D eigenvalue weighted by molar-refractivity contribution is -0.113. The van der Waals surface area contributed by atoms with E-state index in [0.29, 0.717) is 10.7 Å². The van der Waals surface area contributed by atoms with Crippen molar-refractivity contribution in [3.63, 3.8) is 0 Å². The van der Waals surface area contributed by atoms with Crippen molar-refractivity contribution in [2.24, 2.45) is 0 Å². The number of carbonyl (C=O) groups excluding carboxylic acids is 1. The van der Waals surface area contributed by atoms with Crippen molar-refractivity contribution in [1.29, 1.82) is 0 Å². The molecule has 2 aromatic rings. The number of halogens is 1. The van der Waals surface area contributed by atoms with Crippen LogP contribution in [0.25, 0.3) is 0 Å². The fourth-order valence-corrected chi connectivity index (χ4v) is 2.97. The normalized spacial score (nSPS) is 12.3. The molecule has 1 aromatic carbocycles. The largest absolute Gasteiger partial charge is 0.310 e. The van der Waals surface area contributed by atoms with Gasteiger partial charge in [-0.3, -0.25) is 4.79 Å². The van der Waals surface area contributed by atoms with Gasteiger partial charge in [-0.25, -0.2) is 9.07 Å². The third kappa shape index (κ3) is 5.08. The number of hydrogen-bond donors (Lipinski definition) is 1. The summed E-state index contributed by atoms with van der Waals surface area (Å²) in [4.78, 5) is 12.8. The number of nitrogens with zero attached hydrogens (tertiary/aromatic N) is 2. The minimum absolute atomic E-state index is 0.113. The molecule has 0 fully saturated rings. The maximum Gasteiger partial charge on any atom is 0.235 e. The molecule has 0 saturated heterocycles. The van der Waals surface area contributed by atoms with Gasteiger partial charge in [0.05, 0.1) is 17.0 Å². The van der Waals surface area contributed by atoms with E-state index in [0.717, 1.165) is 5.69 Å². The Bertz CT molecular complexity index is 757. The first-order valence-electron chi connectivity index (χ1n) is 8.26. The van der Waals surface area contributed by atoms with Gasteiger partial charge >= 0.3 is 0 Å². The summed E-state index contributed by atoms with van der Waals surface area (Å²) in [5.74, 6) is 0.312. The first-order valence-corrected chi connectivity index (χ1v) is 9.25. The molecule has 0 saturated carbocycles. The highest BCUT2D eigenvalue weighted by Gasteiger charge is 2.25. The number of hydrogen-bond acceptors (Lipinski definition) is 3. The summed E-state index contributed by atoms with van der Waals surface area (Å²) in [6.07, 6.45) is 0. The number of carbonyl (C=O) groups is 1. The Kier molecular flexibility index (Phi) is 5.62. The molecule has 0 bridgehead atoms. The first-order chi connectivity index (χ1) is 11.5. The molecule has 0 aliphatic heterocycles. The number of rotatable bonds is 4. The Morgan fingerprint density at radius 2 is 1.84 bits per heavy atom. The van der Waals surface area contributed by atoms with Crippen molar-refractivity contribution in [2.45, 2.75) is 57.4 Å². The zero-order valence-corrected chi connectivity index (χ0v) is 16.5. The van der Waals surface area contributed by atoms with Crippen LogP contribution >= 0.6 is 11.8 Å². The summed E-state index contributed by atoms with van der Waals surface area (Å²) in [5.41, 5.74) is 0.544. The molecular formula is C19H26FN3OS. The van der Waals surface area contributed by atoms with Crippen LogP contribution in [0.2, 0.25) is 0 Å². The van der Waals surface area contributed by atoms with Crippen molar-refractivity contribution in [3.8, 4) is 0 Å². The van der Waals surface area contributed by atoms with Crippen molar-refractivity contribution in [2.75, 3.05) is 11.1 Å². The fourth-order valence-electron chi connectivity index (χ4n) is 2.23. The van der Waals surface area contributed by atoms with Crippen molar-refractivity contribution >= 4 is 23.5 Å². The van der Waals surface area contributed by atoms with E-state index < -0.39 is 0 Å². The van der Waals surface area contributed by atoms with Gasteiger partial charge < -0.3 is 5.32 Å². The molecule has 4 nitrogen and oxygen atoms in total. The highest BCUT2D eigenvalue weighted by molar-refractivity contribution is 8.00. The van der Waals surface area contributed by atoms with E-state index in [1.165, 1.54) is 17.8 Å². The molecule has 2 rings (SSSR count). The molecule has 0 spiro atoms. The predicted molar refractivity (Wildman–Crippen MR) is 102 cm³/mol. The first kappa shape index (κ1) is 19.5. The molecule has 6 heteroatoms. The third-order valence-electron chi connectivity index (χ3n) is 3.58. The monoisotopic (exact) mass is 363 g/mol. The highest BCUT2D eigenvalue weighted by Crippen LogP contribution is 2.28. The van der Waals surface area contributed by atoms with Gasteiger partial charge in [-0.2, -0.15) is 5.10 Å². The lowest BCUT2D eigenvalue weighted by Gasteiger charge is -2.23. The zero-order chi connectivity index (χ0) is 18.8. The van der Waals surface area contributed by atoms with Crippen LogP contribution in [0.3, 0.4) is 0 Å². The highest BCUT2D eigenvalue weighted by atomic mass is 32.2. The number of amides is 1. The summed E-state index contributed by atoms with van der Waals surface area (Å²) in [6.45, 7) is 12.4. The van der Waals surface area contributed by atoms with Crippen molar-refractivity contribution in [1.82, 2.24) is 9.78 Å². The van der Waals surface area contributed by atoms with Crippen LogP contribution in [0.15, 0.2) is 35.2 Å². The second-order valence-corrected chi connectivity index (χ2v) is 9.03. The second kappa shape index (κ2) is 7.20. The SMILES string of the molecule is CC(C)(C)c1cc(NC(=O)CSc2ccccc2F)n(C(C)(C)C)n1. The maximum absolute atomic E-state index is 13.7. The van der Waals surface area contributed by atoms with Gasteiger partial charge in [0.15, 0.2) is 0 Å². The minimum atomic E-state index is -0.310. The van der Waals surface area contributed by atoms with E-state index in [2.05, 4.69) is 31.2 Å². The maximum atomic E-state index is 13.7. The molecule has 0 atom stereocenters. The topological polar surface area (TPSA) is 46.9 Å². The summed E-state index contributed by atoms with van der Waals surface area (Å²) in [5, 5.41) is 7.59. The molecule has 0 aliphatic rings. The molecular weight excluding hydrogens is 337 g/mol. The van der Waals surface area contributed by atoms with E-state index in [1.807, 2.05) is 31.5 Å². The zero-order valence-electron chi connectivity index (χ0n) is 15.7. The predicted octanol–water partition coefficient (Wildman–Crippen LogP) is 4.81. The van der Waals surface area contributed by atoms with Crippen LogP contribution in [-0.4, -0.2) is 21.4 Å². The van der Waals surface area contributed by atoms with Gasteiger partial charge in [0.2, 0.25) is 5.91 Å². The molecule has 1 heterocycles. The molecule has 1 N–H and O–H groups in total.